The fraction of sp³-hybridized carbons (Fsp3) is 0.350. The summed E-state index contributed by atoms with van der Waals surface area (Å²) >= 11 is 0. The first-order valence-electron chi connectivity index (χ1n) is 8.36. The molecule has 3 rings (SSSR count). The minimum Gasteiger partial charge on any atom is -0.399 e. The molecule has 1 heterocycles. The molecular formula is C20H26Cl2N2O. The monoisotopic (exact) mass is 380 g/mol. The van der Waals surface area contributed by atoms with Crippen molar-refractivity contribution < 1.29 is 4.79 Å². The van der Waals surface area contributed by atoms with E-state index < -0.39 is 0 Å². The molecule has 1 fully saturated rings. The van der Waals surface area contributed by atoms with Crippen molar-refractivity contribution in [3.05, 3.63) is 65.7 Å². The second-order valence-corrected chi connectivity index (χ2v) is 6.45. The lowest BCUT2D eigenvalue weighted by atomic mass is 9.89. The van der Waals surface area contributed by atoms with Gasteiger partial charge in [-0.25, -0.2) is 0 Å². The summed E-state index contributed by atoms with van der Waals surface area (Å²) in [5.74, 6) is 0.749. The van der Waals surface area contributed by atoms with E-state index in [1.807, 2.05) is 12.1 Å². The number of nitrogen functional groups attached to an aromatic ring is 1. The van der Waals surface area contributed by atoms with Gasteiger partial charge in [0.1, 0.15) is 0 Å². The van der Waals surface area contributed by atoms with Crippen molar-refractivity contribution in [3.8, 4) is 0 Å². The van der Waals surface area contributed by atoms with E-state index in [4.69, 9.17) is 5.73 Å². The summed E-state index contributed by atoms with van der Waals surface area (Å²) in [6.07, 6.45) is 2.87. The van der Waals surface area contributed by atoms with Gasteiger partial charge in [-0.1, -0.05) is 30.3 Å². The quantitative estimate of drug-likeness (QED) is 0.608. The molecule has 0 unspecified atom stereocenters. The number of anilines is 1. The molecule has 25 heavy (non-hydrogen) atoms. The molecule has 1 saturated heterocycles. The maximum atomic E-state index is 12.3. The van der Waals surface area contributed by atoms with E-state index in [9.17, 15) is 4.79 Å². The first kappa shape index (κ1) is 21.5. The molecule has 5 heteroatoms. The highest BCUT2D eigenvalue weighted by molar-refractivity contribution is 5.96. The molecule has 3 nitrogen and oxygen atoms in total. The number of piperidine rings is 1. The van der Waals surface area contributed by atoms with Gasteiger partial charge in [-0.2, -0.15) is 0 Å². The lowest BCUT2D eigenvalue weighted by molar-refractivity contribution is 0.0925. The Morgan fingerprint density at radius 2 is 1.56 bits per heavy atom. The first-order chi connectivity index (χ1) is 11.2. The highest BCUT2D eigenvalue weighted by Crippen LogP contribution is 2.23. The summed E-state index contributed by atoms with van der Waals surface area (Å²) in [4.78, 5) is 14.8. The number of ketones is 1. The van der Waals surface area contributed by atoms with E-state index in [-0.39, 0.29) is 30.6 Å². The van der Waals surface area contributed by atoms with Crippen LogP contribution >= 0.6 is 24.8 Å². The Balaban J connectivity index is 0.00000156. The van der Waals surface area contributed by atoms with Crippen molar-refractivity contribution >= 4 is 36.3 Å². The molecule has 2 aromatic rings. The fourth-order valence-corrected chi connectivity index (χ4v) is 3.24. The molecule has 0 saturated carbocycles. The smallest absolute Gasteiger partial charge is 0.163 e. The van der Waals surface area contributed by atoms with Gasteiger partial charge >= 0.3 is 0 Å². The lowest BCUT2D eigenvalue weighted by Gasteiger charge is -2.31. The summed E-state index contributed by atoms with van der Waals surface area (Å²) in [5, 5.41) is 0. The SMILES string of the molecule is Cl.Cl.Nc1ccc(C(=O)CC2CCN(Cc3ccccc3)CC2)cc1. The van der Waals surface area contributed by atoms with Gasteiger partial charge in [0, 0.05) is 24.2 Å². The van der Waals surface area contributed by atoms with Crippen LogP contribution in [0.1, 0.15) is 35.2 Å². The van der Waals surface area contributed by atoms with E-state index in [0.717, 1.165) is 38.0 Å². The van der Waals surface area contributed by atoms with Crippen LogP contribution in [0.5, 0.6) is 0 Å². The Kier molecular flexibility index (Phi) is 8.98. The second kappa shape index (κ2) is 10.4. The average molecular weight is 381 g/mol. The van der Waals surface area contributed by atoms with Crippen LogP contribution in [0.15, 0.2) is 54.6 Å². The molecule has 2 N–H and O–H groups in total. The van der Waals surface area contributed by atoms with Crippen LogP contribution in [0.4, 0.5) is 5.69 Å². The van der Waals surface area contributed by atoms with E-state index >= 15 is 0 Å². The maximum absolute atomic E-state index is 12.3. The van der Waals surface area contributed by atoms with Gasteiger partial charge in [0.2, 0.25) is 0 Å². The zero-order chi connectivity index (χ0) is 16.1. The standard InChI is InChI=1S/C20H24N2O.2ClH/c21-19-8-6-18(7-9-19)20(23)14-16-10-12-22(13-11-16)15-17-4-2-1-3-5-17;;/h1-9,16H,10-15,21H2;2*1H. The number of likely N-dealkylation sites (tertiary alicyclic amines) is 1. The molecule has 0 spiro atoms. The topological polar surface area (TPSA) is 46.3 Å². The Labute approximate surface area is 162 Å². The van der Waals surface area contributed by atoms with Crippen LogP contribution in [-0.2, 0) is 6.54 Å². The number of Topliss-reactive ketones (excluding diaryl/α,β-unsaturated/α-hetero) is 1. The number of nitrogens with zero attached hydrogens (tertiary/aromatic N) is 1. The summed E-state index contributed by atoms with van der Waals surface area (Å²) in [6, 6.07) is 17.9. The fourth-order valence-electron chi connectivity index (χ4n) is 3.24. The van der Waals surface area contributed by atoms with E-state index in [1.54, 1.807) is 12.1 Å². The van der Waals surface area contributed by atoms with Gasteiger partial charge in [0.05, 0.1) is 0 Å². The third-order valence-electron chi connectivity index (χ3n) is 4.66. The Hall–Kier alpha value is -1.55. The molecule has 0 radical (unpaired) electrons. The molecule has 0 amide bonds. The number of benzene rings is 2. The highest BCUT2D eigenvalue weighted by atomic mass is 35.5. The minimum atomic E-state index is 0. The predicted molar refractivity (Wildman–Crippen MR) is 109 cm³/mol. The number of carbonyl (C=O) groups is 1. The molecule has 1 aliphatic rings. The summed E-state index contributed by atoms with van der Waals surface area (Å²) in [5.41, 5.74) is 8.53. The lowest BCUT2D eigenvalue weighted by Crippen LogP contribution is -2.33. The van der Waals surface area contributed by atoms with Crippen molar-refractivity contribution in [2.75, 3.05) is 18.8 Å². The molecule has 0 aromatic heterocycles. The van der Waals surface area contributed by atoms with Crippen molar-refractivity contribution in [2.45, 2.75) is 25.8 Å². The second-order valence-electron chi connectivity index (χ2n) is 6.45. The maximum Gasteiger partial charge on any atom is 0.163 e. The number of carbonyl (C=O) groups excluding carboxylic acids is 1. The third-order valence-corrected chi connectivity index (χ3v) is 4.66. The van der Waals surface area contributed by atoms with Crippen molar-refractivity contribution in [3.63, 3.8) is 0 Å². The molecule has 0 bridgehead atoms. The van der Waals surface area contributed by atoms with Gasteiger partial charge < -0.3 is 5.73 Å². The van der Waals surface area contributed by atoms with Gasteiger partial charge in [-0.05, 0) is 61.7 Å². The molecule has 2 aromatic carbocycles. The summed E-state index contributed by atoms with van der Waals surface area (Å²) in [7, 11) is 0. The predicted octanol–water partition coefficient (Wildman–Crippen LogP) is 4.60. The molecular weight excluding hydrogens is 355 g/mol. The zero-order valence-corrected chi connectivity index (χ0v) is 15.9. The zero-order valence-electron chi connectivity index (χ0n) is 14.3. The number of nitrogens with two attached hydrogens (primary N) is 1. The van der Waals surface area contributed by atoms with Crippen molar-refractivity contribution in [1.82, 2.24) is 4.90 Å². The van der Waals surface area contributed by atoms with Crippen molar-refractivity contribution in [1.29, 1.82) is 0 Å². The summed E-state index contributed by atoms with van der Waals surface area (Å²) in [6.45, 7) is 3.17. The van der Waals surface area contributed by atoms with E-state index in [1.165, 1.54) is 5.56 Å². The largest absolute Gasteiger partial charge is 0.399 e. The molecule has 0 aliphatic carbocycles. The third kappa shape index (κ3) is 6.35. The normalized spacial score (nSPS) is 15.0. The van der Waals surface area contributed by atoms with Crippen molar-refractivity contribution in [2.24, 2.45) is 5.92 Å². The molecule has 1 aliphatic heterocycles. The number of rotatable bonds is 5. The van der Waals surface area contributed by atoms with Crippen LogP contribution in [-0.4, -0.2) is 23.8 Å². The van der Waals surface area contributed by atoms with E-state index in [2.05, 4.69) is 35.2 Å². The van der Waals surface area contributed by atoms with Gasteiger partial charge in [0.25, 0.3) is 0 Å². The summed E-state index contributed by atoms with van der Waals surface area (Å²) < 4.78 is 0. The van der Waals surface area contributed by atoms with Crippen LogP contribution < -0.4 is 5.73 Å². The number of halogens is 2. The number of hydrogen-bond acceptors (Lipinski definition) is 3. The highest BCUT2D eigenvalue weighted by Gasteiger charge is 2.22. The van der Waals surface area contributed by atoms with Crippen LogP contribution in [0.2, 0.25) is 0 Å². The molecule has 136 valence electrons. The van der Waals surface area contributed by atoms with Gasteiger partial charge in [-0.3, -0.25) is 9.69 Å². The molecule has 0 atom stereocenters. The van der Waals surface area contributed by atoms with Gasteiger partial charge in [0.15, 0.2) is 5.78 Å². The van der Waals surface area contributed by atoms with E-state index in [0.29, 0.717) is 18.0 Å². The Morgan fingerprint density at radius 1 is 0.960 bits per heavy atom. The Morgan fingerprint density at radius 3 is 2.16 bits per heavy atom. The average Bonchev–Trinajstić information content (AvgIpc) is 2.58. The first-order valence-corrected chi connectivity index (χ1v) is 8.36. The van der Waals surface area contributed by atoms with Crippen LogP contribution in [0.3, 0.4) is 0 Å². The van der Waals surface area contributed by atoms with Crippen LogP contribution in [0.25, 0.3) is 0 Å². The number of hydrogen-bond donors (Lipinski definition) is 1. The Bertz CT molecular complexity index is 639. The van der Waals surface area contributed by atoms with Gasteiger partial charge in [-0.15, -0.1) is 24.8 Å². The van der Waals surface area contributed by atoms with Crippen LogP contribution in [0, 0.1) is 5.92 Å². The minimum absolute atomic E-state index is 0.